The van der Waals surface area contributed by atoms with Crippen molar-refractivity contribution in [3.05, 3.63) is 90.0 Å². The standard InChI is InChI=1S/C23H21NO2/c1-3-22(19-7-5-4-6-8-19)26-23(25)20-11-9-17(10-12-20)18-13-15-21(24-2)16-14-18/h4-16,22H,2-3H2,1H3. The van der Waals surface area contributed by atoms with Crippen molar-refractivity contribution < 1.29 is 9.53 Å². The molecule has 0 aliphatic heterocycles. The summed E-state index contributed by atoms with van der Waals surface area (Å²) in [5, 5.41) is 0. The summed E-state index contributed by atoms with van der Waals surface area (Å²) in [6, 6.07) is 25.1. The highest BCUT2D eigenvalue weighted by molar-refractivity contribution is 5.90. The molecule has 1 atom stereocenters. The Hall–Kier alpha value is -3.20. The van der Waals surface area contributed by atoms with Crippen LogP contribution in [-0.2, 0) is 4.74 Å². The van der Waals surface area contributed by atoms with Gasteiger partial charge in [-0.15, -0.1) is 0 Å². The van der Waals surface area contributed by atoms with Gasteiger partial charge in [0.1, 0.15) is 6.10 Å². The summed E-state index contributed by atoms with van der Waals surface area (Å²) in [6.07, 6.45) is 0.500. The van der Waals surface area contributed by atoms with Crippen LogP contribution >= 0.6 is 0 Å². The highest BCUT2D eigenvalue weighted by Gasteiger charge is 2.16. The fourth-order valence-corrected chi connectivity index (χ4v) is 2.81. The lowest BCUT2D eigenvalue weighted by atomic mass is 10.0. The van der Waals surface area contributed by atoms with Crippen LogP contribution in [0, 0.1) is 0 Å². The summed E-state index contributed by atoms with van der Waals surface area (Å²) in [6.45, 7) is 5.53. The van der Waals surface area contributed by atoms with Gasteiger partial charge in [-0.25, -0.2) is 4.79 Å². The van der Waals surface area contributed by atoms with E-state index in [0.717, 1.165) is 28.8 Å². The van der Waals surface area contributed by atoms with Crippen molar-refractivity contribution in [2.75, 3.05) is 0 Å². The van der Waals surface area contributed by atoms with Crippen LogP contribution in [0.4, 0.5) is 5.69 Å². The highest BCUT2D eigenvalue weighted by Crippen LogP contribution is 2.25. The van der Waals surface area contributed by atoms with Gasteiger partial charge in [0, 0.05) is 0 Å². The number of carbonyl (C=O) groups is 1. The monoisotopic (exact) mass is 343 g/mol. The van der Waals surface area contributed by atoms with E-state index < -0.39 is 0 Å². The number of benzene rings is 3. The zero-order valence-electron chi connectivity index (χ0n) is 14.8. The first kappa shape index (κ1) is 17.6. The second-order valence-electron chi connectivity index (χ2n) is 6.00. The number of hydrogen-bond acceptors (Lipinski definition) is 3. The molecule has 0 radical (unpaired) electrons. The summed E-state index contributed by atoms with van der Waals surface area (Å²) in [5.41, 5.74) is 4.49. The summed E-state index contributed by atoms with van der Waals surface area (Å²) in [5.74, 6) is -0.307. The van der Waals surface area contributed by atoms with Gasteiger partial charge in [-0.2, -0.15) is 0 Å². The normalized spacial score (nSPS) is 11.6. The van der Waals surface area contributed by atoms with Crippen molar-refractivity contribution in [1.82, 2.24) is 0 Å². The first-order valence-electron chi connectivity index (χ1n) is 8.64. The van der Waals surface area contributed by atoms with E-state index in [9.17, 15) is 4.79 Å². The van der Waals surface area contributed by atoms with E-state index in [1.807, 2.05) is 73.7 Å². The van der Waals surface area contributed by atoms with Crippen molar-refractivity contribution >= 4 is 18.4 Å². The van der Waals surface area contributed by atoms with Crippen LogP contribution in [0.3, 0.4) is 0 Å². The van der Waals surface area contributed by atoms with Gasteiger partial charge in [0.05, 0.1) is 11.3 Å². The maximum Gasteiger partial charge on any atom is 0.338 e. The number of rotatable bonds is 6. The molecule has 0 spiro atoms. The molecule has 1 unspecified atom stereocenters. The number of nitrogens with zero attached hydrogens (tertiary/aromatic N) is 1. The number of esters is 1. The molecule has 0 bridgehead atoms. The van der Waals surface area contributed by atoms with E-state index >= 15 is 0 Å². The molecular weight excluding hydrogens is 322 g/mol. The molecule has 0 saturated heterocycles. The SMILES string of the molecule is C=Nc1ccc(-c2ccc(C(=O)OC(CC)c3ccccc3)cc2)cc1. The molecule has 130 valence electrons. The van der Waals surface area contributed by atoms with Crippen LogP contribution in [0.1, 0.15) is 35.4 Å². The molecule has 3 heteroatoms. The van der Waals surface area contributed by atoms with Crippen LogP contribution in [0.2, 0.25) is 0 Å². The summed E-state index contributed by atoms with van der Waals surface area (Å²) < 4.78 is 5.69. The molecule has 3 aromatic carbocycles. The van der Waals surface area contributed by atoms with Crippen molar-refractivity contribution in [1.29, 1.82) is 0 Å². The molecular formula is C23H21NO2. The fourth-order valence-electron chi connectivity index (χ4n) is 2.81. The molecule has 26 heavy (non-hydrogen) atoms. The molecule has 0 aliphatic rings. The quantitative estimate of drug-likeness (QED) is 0.407. The Morgan fingerprint density at radius 3 is 2.04 bits per heavy atom. The Balaban J connectivity index is 1.73. The highest BCUT2D eigenvalue weighted by atomic mass is 16.5. The molecule has 0 heterocycles. The minimum Gasteiger partial charge on any atom is -0.454 e. The Kier molecular flexibility index (Phi) is 5.59. The van der Waals surface area contributed by atoms with Crippen LogP contribution < -0.4 is 0 Å². The van der Waals surface area contributed by atoms with Gasteiger partial charge in [0.25, 0.3) is 0 Å². The first-order valence-corrected chi connectivity index (χ1v) is 8.64. The largest absolute Gasteiger partial charge is 0.454 e. The number of carbonyl (C=O) groups excluding carboxylic acids is 1. The van der Waals surface area contributed by atoms with E-state index in [4.69, 9.17) is 4.74 Å². The topological polar surface area (TPSA) is 38.7 Å². The van der Waals surface area contributed by atoms with E-state index in [1.165, 1.54) is 0 Å². The molecule has 0 aromatic heterocycles. The second-order valence-corrected chi connectivity index (χ2v) is 6.00. The third kappa shape index (κ3) is 4.06. The lowest BCUT2D eigenvalue weighted by molar-refractivity contribution is 0.0288. The third-order valence-corrected chi connectivity index (χ3v) is 4.30. The van der Waals surface area contributed by atoms with Gasteiger partial charge in [0.2, 0.25) is 0 Å². The van der Waals surface area contributed by atoms with Gasteiger partial charge >= 0.3 is 5.97 Å². The maximum atomic E-state index is 12.5. The van der Waals surface area contributed by atoms with Crippen LogP contribution in [0.5, 0.6) is 0 Å². The number of aliphatic imine (C=N–C) groups is 1. The Labute approximate surface area is 154 Å². The smallest absolute Gasteiger partial charge is 0.338 e. The van der Waals surface area contributed by atoms with Crippen molar-refractivity contribution in [3.63, 3.8) is 0 Å². The lowest BCUT2D eigenvalue weighted by Crippen LogP contribution is -2.11. The molecule has 3 nitrogen and oxygen atoms in total. The average Bonchev–Trinajstić information content (AvgIpc) is 2.72. The molecule has 3 aromatic rings. The molecule has 3 rings (SSSR count). The molecule has 0 saturated carbocycles. The average molecular weight is 343 g/mol. The first-order chi connectivity index (χ1) is 12.7. The minimum atomic E-state index is -0.307. The summed E-state index contributed by atoms with van der Waals surface area (Å²) in [4.78, 5) is 16.4. The zero-order valence-corrected chi connectivity index (χ0v) is 14.8. The predicted octanol–water partition coefficient (Wildman–Crippen LogP) is 5.99. The Bertz CT molecular complexity index is 868. The van der Waals surface area contributed by atoms with Crippen LogP contribution in [0.15, 0.2) is 83.9 Å². The predicted molar refractivity (Wildman–Crippen MR) is 106 cm³/mol. The number of hydrogen-bond donors (Lipinski definition) is 0. The second kappa shape index (κ2) is 8.26. The van der Waals surface area contributed by atoms with Gasteiger partial charge in [-0.1, -0.05) is 61.5 Å². The lowest BCUT2D eigenvalue weighted by Gasteiger charge is -2.16. The van der Waals surface area contributed by atoms with E-state index in [2.05, 4.69) is 11.7 Å². The molecule has 0 N–H and O–H groups in total. The molecule has 0 fully saturated rings. The van der Waals surface area contributed by atoms with E-state index in [-0.39, 0.29) is 12.1 Å². The van der Waals surface area contributed by atoms with Crippen molar-refractivity contribution in [2.45, 2.75) is 19.4 Å². The van der Waals surface area contributed by atoms with Crippen LogP contribution in [0.25, 0.3) is 11.1 Å². The van der Waals surface area contributed by atoms with Crippen molar-refractivity contribution in [3.8, 4) is 11.1 Å². The maximum absolute atomic E-state index is 12.5. The Morgan fingerprint density at radius 2 is 1.50 bits per heavy atom. The van der Waals surface area contributed by atoms with Gasteiger partial charge in [-0.3, -0.25) is 4.99 Å². The summed E-state index contributed by atoms with van der Waals surface area (Å²) in [7, 11) is 0. The van der Waals surface area contributed by atoms with Crippen molar-refractivity contribution in [2.24, 2.45) is 4.99 Å². The van der Waals surface area contributed by atoms with Crippen LogP contribution in [-0.4, -0.2) is 12.7 Å². The molecule has 0 aliphatic carbocycles. The third-order valence-electron chi connectivity index (χ3n) is 4.30. The number of ether oxygens (including phenoxy) is 1. The summed E-state index contributed by atoms with van der Waals surface area (Å²) >= 11 is 0. The van der Waals surface area contributed by atoms with E-state index in [0.29, 0.717) is 5.56 Å². The van der Waals surface area contributed by atoms with Gasteiger partial charge in [-0.05, 0) is 54.1 Å². The Morgan fingerprint density at radius 1 is 0.923 bits per heavy atom. The van der Waals surface area contributed by atoms with Gasteiger partial charge < -0.3 is 4.74 Å². The minimum absolute atomic E-state index is 0.234. The van der Waals surface area contributed by atoms with E-state index in [1.54, 1.807) is 12.1 Å². The fraction of sp³-hybridized carbons (Fsp3) is 0.130. The molecule has 0 amide bonds. The van der Waals surface area contributed by atoms with Gasteiger partial charge in [0.15, 0.2) is 0 Å². The zero-order chi connectivity index (χ0) is 18.4.